The lowest BCUT2D eigenvalue weighted by molar-refractivity contribution is -0.136. The summed E-state index contributed by atoms with van der Waals surface area (Å²) >= 11 is 1.63. The topological polar surface area (TPSA) is 59.2 Å². The molecule has 160 valence electrons. The third kappa shape index (κ3) is 4.08. The van der Waals surface area contributed by atoms with Crippen molar-refractivity contribution in [2.24, 2.45) is 5.92 Å². The van der Waals surface area contributed by atoms with E-state index in [1.807, 2.05) is 29.3 Å². The van der Waals surface area contributed by atoms with Crippen molar-refractivity contribution in [3.8, 4) is 0 Å². The lowest BCUT2D eigenvalue weighted by Gasteiger charge is -2.33. The van der Waals surface area contributed by atoms with Gasteiger partial charge in [-0.3, -0.25) is 4.79 Å². The highest BCUT2D eigenvalue weighted by Gasteiger charge is 2.38. The van der Waals surface area contributed by atoms with Gasteiger partial charge in [0.2, 0.25) is 5.91 Å². The van der Waals surface area contributed by atoms with Crippen LogP contribution in [-0.2, 0) is 17.4 Å². The van der Waals surface area contributed by atoms with Crippen molar-refractivity contribution in [3.63, 3.8) is 0 Å². The molecule has 5 nitrogen and oxygen atoms in total. The molecule has 1 saturated heterocycles. The number of rotatable bonds is 4. The molecule has 3 aromatic rings. The summed E-state index contributed by atoms with van der Waals surface area (Å²) in [4.78, 5) is 19.8. The van der Waals surface area contributed by atoms with Crippen LogP contribution in [0.5, 0.6) is 0 Å². The van der Waals surface area contributed by atoms with E-state index in [9.17, 15) is 18.0 Å². The van der Waals surface area contributed by atoms with E-state index in [-0.39, 0.29) is 34.5 Å². The molecule has 0 spiro atoms. The fourth-order valence-electron chi connectivity index (χ4n) is 4.10. The zero-order valence-corrected chi connectivity index (χ0v) is 17.5. The van der Waals surface area contributed by atoms with Gasteiger partial charge in [-0.2, -0.15) is 13.2 Å². The number of thiophene rings is 1. The normalized spacial score (nSPS) is 16.9. The first kappa shape index (κ1) is 20.8. The molecule has 1 atom stereocenters. The Hall–Kier alpha value is -2.42. The lowest BCUT2D eigenvalue weighted by Crippen LogP contribution is -2.41. The van der Waals surface area contributed by atoms with E-state index in [2.05, 4.69) is 10.1 Å². The number of piperidine rings is 1. The first-order valence-corrected chi connectivity index (χ1v) is 10.8. The van der Waals surface area contributed by atoms with Gasteiger partial charge in [-0.05, 0) is 43.7 Å². The van der Waals surface area contributed by atoms with Gasteiger partial charge in [-0.1, -0.05) is 18.1 Å². The minimum atomic E-state index is -4.51. The minimum Gasteiger partial charge on any atom is -0.342 e. The molecule has 0 radical (unpaired) electrons. The molecule has 1 aliphatic heterocycles. The van der Waals surface area contributed by atoms with E-state index < -0.39 is 11.7 Å². The smallest absolute Gasteiger partial charge is 0.342 e. The number of aromatic nitrogens is 2. The number of carbonyl (C=O) groups excluding carboxylic acids is 1. The molecule has 30 heavy (non-hydrogen) atoms. The Morgan fingerprint density at radius 1 is 1.37 bits per heavy atom. The molecule has 1 fully saturated rings. The van der Waals surface area contributed by atoms with Gasteiger partial charge in [0, 0.05) is 35.5 Å². The highest BCUT2D eigenvalue weighted by molar-refractivity contribution is 7.09. The van der Waals surface area contributed by atoms with Crippen molar-refractivity contribution < 1.29 is 22.5 Å². The highest BCUT2D eigenvalue weighted by atomic mass is 32.1. The Morgan fingerprint density at radius 3 is 2.73 bits per heavy atom. The largest absolute Gasteiger partial charge is 0.417 e. The summed E-state index contributed by atoms with van der Waals surface area (Å²) in [7, 11) is 0. The number of carbonyl (C=O) groups is 1. The number of halogens is 3. The van der Waals surface area contributed by atoms with Crippen molar-refractivity contribution in [1.82, 2.24) is 15.0 Å². The molecule has 0 aliphatic carbocycles. The van der Waals surface area contributed by atoms with E-state index >= 15 is 0 Å². The SMILES string of the molecule is Cc1cc(C(F)(F)F)c2c(C3CCN(C(=O)[C@H](C)Cc4cccs4)CC3)noc2n1. The van der Waals surface area contributed by atoms with E-state index in [1.54, 1.807) is 11.3 Å². The Labute approximate surface area is 175 Å². The Bertz CT molecular complexity index is 1040. The van der Waals surface area contributed by atoms with Gasteiger partial charge in [-0.15, -0.1) is 11.3 Å². The molecule has 0 N–H and O–H groups in total. The number of fused-ring (bicyclic) bond motifs is 1. The van der Waals surface area contributed by atoms with Crippen LogP contribution < -0.4 is 0 Å². The zero-order chi connectivity index (χ0) is 21.5. The quantitative estimate of drug-likeness (QED) is 0.563. The van der Waals surface area contributed by atoms with Gasteiger partial charge in [0.1, 0.15) is 0 Å². The van der Waals surface area contributed by atoms with Crippen LogP contribution in [0.3, 0.4) is 0 Å². The first-order chi connectivity index (χ1) is 14.2. The van der Waals surface area contributed by atoms with Gasteiger partial charge in [0.15, 0.2) is 0 Å². The van der Waals surface area contributed by atoms with Crippen molar-refractivity contribution >= 4 is 28.3 Å². The molecular formula is C21H22F3N3O2S. The molecular weight excluding hydrogens is 415 g/mol. The number of likely N-dealkylation sites (tertiary alicyclic amines) is 1. The van der Waals surface area contributed by atoms with Crippen LogP contribution in [-0.4, -0.2) is 34.0 Å². The molecule has 1 aliphatic rings. The molecule has 4 heterocycles. The molecule has 0 bridgehead atoms. The van der Waals surface area contributed by atoms with Crippen LogP contribution in [0.4, 0.5) is 13.2 Å². The zero-order valence-electron chi connectivity index (χ0n) is 16.7. The average molecular weight is 437 g/mol. The average Bonchev–Trinajstić information content (AvgIpc) is 3.35. The van der Waals surface area contributed by atoms with Crippen LogP contribution >= 0.6 is 11.3 Å². The van der Waals surface area contributed by atoms with Crippen LogP contribution in [0.25, 0.3) is 11.1 Å². The second-order valence-electron chi connectivity index (χ2n) is 7.84. The summed E-state index contributed by atoms with van der Waals surface area (Å²) in [6.45, 7) is 4.40. The number of nitrogens with zero attached hydrogens (tertiary/aromatic N) is 3. The van der Waals surface area contributed by atoms with Gasteiger partial charge in [-0.25, -0.2) is 4.98 Å². The molecule has 3 aromatic heterocycles. The second kappa shape index (κ2) is 8.02. The molecule has 9 heteroatoms. The predicted octanol–water partition coefficient (Wildman–Crippen LogP) is 5.20. The maximum absolute atomic E-state index is 13.6. The molecule has 0 aromatic carbocycles. The number of aryl methyl sites for hydroxylation is 1. The van der Waals surface area contributed by atoms with E-state index in [4.69, 9.17) is 4.52 Å². The third-order valence-electron chi connectivity index (χ3n) is 5.61. The Kier molecular flexibility index (Phi) is 5.57. The van der Waals surface area contributed by atoms with Gasteiger partial charge < -0.3 is 9.42 Å². The van der Waals surface area contributed by atoms with E-state index in [1.165, 1.54) is 11.8 Å². The number of alkyl halides is 3. The summed E-state index contributed by atoms with van der Waals surface area (Å²) in [6, 6.07) is 5.02. The number of hydrogen-bond acceptors (Lipinski definition) is 5. The maximum atomic E-state index is 13.6. The summed E-state index contributed by atoms with van der Waals surface area (Å²) in [5.74, 6) is -0.245. The summed E-state index contributed by atoms with van der Waals surface area (Å²) in [5, 5.41) is 5.89. The number of hydrogen-bond donors (Lipinski definition) is 0. The Morgan fingerprint density at radius 2 is 2.10 bits per heavy atom. The molecule has 0 saturated carbocycles. The Balaban J connectivity index is 1.49. The van der Waals surface area contributed by atoms with E-state index in [0.29, 0.717) is 38.0 Å². The summed E-state index contributed by atoms with van der Waals surface area (Å²) < 4.78 is 45.9. The number of amides is 1. The van der Waals surface area contributed by atoms with Crippen molar-refractivity contribution in [1.29, 1.82) is 0 Å². The van der Waals surface area contributed by atoms with E-state index in [0.717, 1.165) is 6.07 Å². The molecule has 1 amide bonds. The van der Waals surface area contributed by atoms with Crippen molar-refractivity contribution in [2.75, 3.05) is 13.1 Å². The second-order valence-corrected chi connectivity index (χ2v) is 8.87. The van der Waals surface area contributed by atoms with Gasteiger partial charge in [0.25, 0.3) is 5.71 Å². The highest BCUT2D eigenvalue weighted by Crippen LogP contribution is 2.40. The fraction of sp³-hybridized carbons (Fsp3) is 0.476. The molecule has 4 rings (SSSR count). The van der Waals surface area contributed by atoms with Crippen LogP contribution in [0.15, 0.2) is 28.1 Å². The number of pyridine rings is 1. The van der Waals surface area contributed by atoms with Crippen molar-refractivity contribution in [3.05, 3.63) is 45.4 Å². The van der Waals surface area contributed by atoms with Crippen LogP contribution in [0.1, 0.15) is 47.5 Å². The monoisotopic (exact) mass is 437 g/mol. The standard InChI is InChI=1S/C21H22F3N3O2S/c1-12(10-15-4-3-9-30-15)20(28)27-7-5-14(6-8-27)18-17-16(21(22,23)24)11-13(2)25-19(17)29-26-18/h3-4,9,11-12,14H,5-8,10H2,1-2H3/t12-/m1/s1. The maximum Gasteiger partial charge on any atom is 0.417 e. The first-order valence-electron chi connectivity index (χ1n) is 9.89. The fourth-order valence-corrected chi connectivity index (χ4v) is 4.94. The van der Waals surface area contributed by atoms with Crippen LogP contribution in [0, 0.1) is 12.8 Å². The summed E-state index contributed by atoms with van der Waals surface area (Å²) in [6.07, 6.45) is -2.72. The summed E-state index contributed by atoms with van der Waals surface area (Å²) in [5.41, 5.74) is -0.314. The minimum absolute atomic E-state index is 0.0519. The third-order valence-corrected chi connectivity index (χ3v) is 6.51. The van der Waals surface area contributed by atoms with Crippen LogP contribution in [0.2, 0.25) is 0 Å². The van der Waals surface area contributed by atoms with Gasteiger partial charge >= 0.3 is 6.18 Å². The van der Waals surface area contributed by atoms with Crippen molar-refractivity contribution in [2.45, 2.75) is 45.2 Å². The lowest BCUT2D eigenvalue weighted by atomic mass is 9.90. The predicted molar refractivity (Wildman–Crippen MR) is 107 cm³/mol. The van der Waals surface area contributed by atoms with Gasteiger partial charge in [0.05, 0.1) is 16.6 Å². The molecule has 0 unspecified atom stereocenters.